The molecular formula is C19H13N5O. The molecule has 25 heavy (non-hydrogen) atoms. The Bertz CT molecular complexity index is 1070. The lowest BCUT2D eigenvalue weighted by Gasteiger charge is -2.10. The summed E-state index contributed by atoms with van der Waals surface area (Å²) >= 11 is 0. The van der Waals surface area contributed by atoms with Gasteiger partial charge in [0.25, 0.3) is 5.91 Å². The zero-order valence-corrected chi connectivity index (χ0v) is 13.1. The fourth-order valence-corrected chi connectivity index (χ4v) is 2.70. The summed E-state index contributed by atoms with van der Waals surface area (Å²) in [6.07, 6.45) is 6.79. The smallest absolute Gasteiger partial charge is 0.250 e. The van der Waals surface area contributed by atoms with Crippen molar-refractivity contribution in [2.75, 3.05) is 0 Å². The van der Waals surface area contributed by atoms with Crippen LogP contribution in [0.3, 0.4) is 0 Å². The van der Waals surface area contributed by atoms with E-state index in [1.165, 1.54) is 0 Å². The van der Waals surface area contributed by atoms with Gasteiger partial charge in [-0.15, -0.1) is 0 Å². The zero-order valence-electron chi connectivity index (χ0n) is 13.1. The van der Waals surface area contributed by atoms with Crippen molar-refractivity contribution in [1.82, 2.24) is 19.9 Å². The minimum Gasteiger partial charge on any atom is -0.366 e. The normalized spacial score (nSPS) is 10.7. The van der Waals surface area contributed by atoms with Crippen molar-refractivity contribution in [1.29, 1.82) is 0 Å². The van der Waals surface area contributed by atoms with E-state index in [1.807, 2.05) is 30.3 Å². The third-order valence-corrected chi connectivity index (χ3v) is 3.85. The van der Waals surface area contributed by atoms with Crippen LogP contribution in [0.15, 0.2) is 67.3 Å². The Kier molecular flexibility index (Phi) is 3.63. The predicted octanol–water partition coefficient (Wildman–Crippen LogP) is 2.85. The Labute approximate surface area is 143 Å². The first kappa shape index (κ1) is 14.9. The highest BCUT2D eigenvalue weighted by Gasteiger charge is 2.16. The van der Waals surface area contributed by atoms with Crippen LogP contribution in [-0.4, -0.2) is 25.8 Å². The molecule has 3 heterocycles. The largest absolute Gasteiger partial charge is 0.366 e. The monoisotopic (exact) mass is 327 g/mol. The van der Waals surface area contributed by atoms with Crippen molar-refractivity contribution < 1.29 is 4.79 Å². The fourth-order valence-electron chi connectivity index (χ4n) is 2.70. The number of primary amides is 1. The Hall–Kier alpha value is -3.67. The standard InChI is InChI=1S/C19H13N5O/c20-18(25)15-7-1-6-14-16(12-4-2-8-21-10-12)23-19(24-17(14)15)13-5-3-9-22-11-13/h1-11H,(H2,20,25). The van der Waals surface area contributed by atoms with Crippen LogP contribution in [0, 0.1) is 0 Å². The first-order valence-corrected chi connectivity index (χ1v) is 7.65. The molecule has 0 saturated carbocycles. The van der Waals surface area contributed by atoms with Crippen LogP contribution in [0.25, 0.3) is 33.5 Å². The molecule has 0 saturated heterocycles. The molecule has 0 atom stereocenters. The Balaban J connectivity index is 2.09. The maximum atomic E-state index is 11.8. The van der Waals surface area contributed by atoms with Gasteiger partial charge in [0, 0.05) is 41.3 Å². The molecule has 1 amide bonds. The predicted molar refractivity (Wildman–Crippen MR) is 94.5 cm³/mol. The second-order valence-corrected chi connectivity index (χ2v) is 5.45. The number of benzene rings is 1. The number of fused-ring (bicyclic) bond motifs is 1. The van der Waals surface area contributed by atoms with Crippen molar-refractivity contribution in [2.45, 2.75) is 0 Å². The van der Waals surface area contributed by atoms with Gasteiger partial charge in [0.2, 0.25) is 0 Å². The van der Waals surface area contributed by atoms with Crippen LogP contribution in [0.5, 0.6) is 0 Å². The summed E-state index contributed by atoms with van der Waals surface area (Å²) in [6, 6.07) is 12.7. The van der Waals surface area contributed by atoms with Gasteiger partial charge in [-0.25, -0.2) is 9.97 Å². The summed E-state index contributed by atoms with van der Waals surface area (Å²) in [5.74, 6) is -0.0493. The number of pyridine rings is 2. The molecule has 6 heteroatoms. The van der Waals surface area contributed by atoms with Crippen LogP contribution >= 0.6 is 0 Å². The lowest BCUT2D eigenvalue weighted by atomic mass is 10.0. The maximum absolute atomic E-state index is 11.8. The molecule has 0 fully saturated rings. The van der Waals surface area contributed by atoms with Crippen molar-refractivity contribution in [3.05, 3.63) is 72.8 Å². The van der Waals surface area contributed by atoms with E-state index in [4.69, 9.17) is 10.7 Å². The van der Waals surface area contributed by atoms with Gasteiger partial charge in [0.05, 0.1) is 16.8 Å². The van der Waals surface area contributed by atoms with Crippen molar-refractivity contribution in [3.63, 3.8) is 0 Å². The highest BCUT2D eigenvalue weighted by molar-refractivity contribution is 6.08. The van der Waals surface area contributed by atoms with Crippen LogP contribution < -0.4 is 5.73 Å². The first-order valence-electron chi connectivity index (χ1n) is 7.65. The molecule has 120 valence electrons. The highest BCUT2D eigenvalue weighted by Crippen LogP contribution is 2.29. The Morgan fingerprint density at radius 2 is 1.56 bits per heavy atom. The molecule has 4 aromatic rings. The van der Waals surface area contributed by atoms with Crippen LogP contribution in [0.2, 0.25) is 0 Å². The number of hydrogen-bond acceptors (Lipinski definition) is 5. The molecule has 0 spiro atoms. The average molecular weight is 327 g/mol. The van der Waals surface area contributed by atoms with E-state index in [1.54, 1.807) is 36.9 Å². The first-order chi connectivity index (χ1) is 12.2. The number of para-hydroxylation sites is 1. The number of nitrogens with two attached hydrogens (primary N) is 1. The van der Waals surface area contributed by atoms with Crippen molar-refractivity contribution in [3.8, 4) is 22.6 Å². The molecule has 3 aromatic heterocycles. The minimum atomic E-state index is -0.529. The molecule has 0 unspecified atom stereocenters. The van der Waals surface area contributed by atoms with Crippen LogP contribution in [0.1, 0.15) is 10.4 Å². The summed E-state index contributed by atoms with van der Waals surface area (Å²) < 4.78 is 0. The second-order valence-electron chi connectivity index (χ2n) is 5.45. The molecule has 1 aromatic carbocycles. The minimum absolute atomic E-state index is 0.357. The number of amides is 1. The molecular weight excluding hydrogens is 314 g/mol. The molecule has 0 bridgehead atoms. The van der Waals surface area contributed by atoms with E-state index < -0.39 is 5.91 Å². The van der Waals surface area contributed by atoms with E-state index in [0.717, 1.165) is 16.5 Å². The SMILES string of the molecule is NC(=O)c1cccc2c(-c3cccnc3)nc(-c3cccnc3)nc12. The molecule has 0 aliphatic carbocycles. The molecule has 0 aliphatic heterocycles. The zero-order chi connectivity index (χ0) is 17.2. The molecule has 2 N–H and O–H groups in total. The summed E-state index contributed by atoms with van der Waals surface area (Å²) in [7, 11) is 0. The van der Waals surface area contributed by atoms with Gasteiger partial charge in [-0.3, -0.25) is 14.8 Å². The van der Waals surface area contributed by atoms with Gasteiger partial charge < -0.3 is 5.73 Å². The molecule has 6 nitrogen and oxygen atoms in total. The quantitative estimate of drug-likeness (QED) is 0.624. The van der Waals surface area contributed by atoms with E-state index >= 15 is 0 Å². The van der Waals surface area contributed by atoms with Gasteiger partial charge in [-0.2, -0.15) is 0 Å². The van der Waals surface area contributed by atoms with Crippen LogP contribution in [-0.2, 0) is 0 Å². The van der Waals surface area contributed by atoms with Gasteiger partial charge >= 0.3 is 0 Å². The number of rotatable bonds is 3. The summed E-state index contributed by atoms with van der Waals surface area (Å²) in [4.78, 5) is 29.4. The lowest BCUT2D eigenvalue weighted by Crippen LogP contribution is -2.12. The Morgan fingerprint density at radius 3 is 2.20 bits per heavy atom. The number of carbonyl (C=O) groups is 1. The lowest BCUT2D eigenvalue weighted by molar-refractivity contribution is 0.100. The van der Waals surface area contributed by atoms with Gasteiger partial charge in [0.15, 0.2) is 5.82 Å². The number of aromatic nitrogens is 4. The molecule has 0 radical (unpaired) electrons. The van der Waals surface area contributed by atoms with Gasteiger partial charge in [-0.05, 0) is 30.3 Å². The average Bonchev–Trinajstić information content (AvgIpc) is 2.68. The fraction of sp³-hybridized carbons (Fsp3) is 0. The summed E-state index contributed by atoms with van der Waals surface area (Å²) in [6.45, 7) is 0. The summed E-state index contributed by atoms with van der Waals surface area (Å²) in [5.41, 5.74) is 8.69. The van der Waals surface area contributed by atoms with Crippen LogP contribution in [0.4, 0.5) is 0 Å². The number of nitrogens with zero attached hydrogens (tertiary/aromatic N) is 4. The van der Waals surface area contributed by atoms with Gasteiger partial charge in [0.1, 0.15) is 0 Å². The second kappa shape index (κ2) is 6.09. The third kappa shape index (κ3) is 2.70. The van der Waals surface area contributed by atoms with E-state index in [9.17, 15) is 4.79 Å². The van der Waals surface area contributed by atoms with Crippen molar-refractivity contribution in [2.24, 2.45) is 5.73 Å². The number of hydrogen-bond donors (Lipinski definition) is 1. The third-order valence-electron chi connectivity index (χ3n) is 3.85. The topological polar surface area (TPSA) is 94.7 Å². The van der Waals surface area contributed by atoms with E-state index in [0.29, 0.717) is 22.6 Å². The molecule has 4 rings (SSSR count). The number of carbonyl (C=O) groups excluding carboxylic acids is 1. The van der Waals surface area contributed by atoms with E-state index in [-0.39, 0.29) is 0 Å². The summed E-state index contributed by atoms with van der Waals surface area (Å²) in [5, 5.41) is 0.747. The molecule has 0 aliphatic rings. The van der Waals surface area contributed by atoms with E-state index in [2.05, 4.69) is 15.0 Å². The Morgan fingerprint density at radius 1 is 0.840 bits per heavy atom. The maximum Gasteiger partial charge on any atom is 0.250 e. The van der Waals surface area contributed by atoms with Gasteiger partial charge in [-0.1, -0.05) is 12.1 Å². The van der Waals surface area contributed by atoms with Crippen molar-refractivity contribution >= 4 is 16.8 Å². The highest BCUT2D eigenvalue weighted by atomic mass is 16.1.